The molecule has 4 heteroatoms. The van der Waals surface area contributed by atoms with E-state index in [1.165, 1.54) is 0 Å². The number of hydrogen-bond acceptors (Lipinski definition) is 0. The molecule has 0 spiro atoms. The average Bonchev–Trinajstić information content (AvgIpc) is 1.86. The van der Waals surface area contributed by atoms with Crippen LogP contribution < -0.4 is 56.6 Å². The van der Waals surface area contributed by atoms with Crippen LogP contribution >= 0.6 is 0 Å². The van der Waals surface area contributed by atoms with Crippen molar-refractivity contribution in [1.82, 2.24) is 0 Å². The summed E-state index contributed by atoms with van der Waals surface area (Å²) in [5.41, 5.74) is 0.248. The molecule has 0 aliphatic rings. The van der Waals surface area contributed by atoms with E-state index < -0.39 is 0 Å². The Labute approximate surface area is 126 Å². The van der Waals surface area contributed by atoms with Gasteiger partial charge in [0, 0.05) is 0 Å². The summed E-state index contributed by atoms with van der Waals surface area (Å²) in [7, 11) is 0. The van der Waals surface area contributed by atoms with Gasteiger partial charge in [-0.2, -0.15) is 19.0 Å². The van der Waals surface area contributed by atoms with Gasteiger partial charge in [0.25, 0.3) is 0 Å². The normalized spacial score (nSPS) is 11.4. The van der Waals surface area contributed by atoms with Crippen LogP contribution in [0, 0.1) is 24.8 Å². The van der Waals surface area contributed by atoms with Gasteiger partial charge in [0.05, 0.1) is 0 Å². The molecule has 1 nitrogen and oxygen atoms in total. The molecule has 0 bridgehead atoms. The minimum Gasteiger partial charge on any atom is -0.663 e. The van der Waals surface area contributed by atoms with Gasteiger partial charge < -0.3 is 18.8 Å². The van der Waals surface area contributed by atoms with Gasteiger partial charge in [-0.3, -0.25) is 6.08 Å². The van der Waals surface area contributed by atoms with Crippen LogP contribution in [0.5, 0.6) is 0 Å². The van der Waals surface area contributed by atoms with E-state index in [0.29, 0.717) is 12.5 Å². The minimum absolute atomic E-state index is 0. The van der Waals surface area contributed by atoms with Gasteiger partial charge >= 0.3 is 56.6 Å². The maximum absolute atomic E-state index is 5.18. The topological polar surface area (TPSA) is 14.1 Å². The first-order valence-corrected chi connectivity index (χ1v) is 3.98. The number of rotatable bonds is 4. The summed E-state index contributed by atoms with van der Waals surface area (Å²) in [6.07, 6.45) is 1.56. The first-order chi connectivity index (χ1) is 4.98. The molecule has 0 amide bonds. The molecule has 0 aromatic carbocycles. The third-order valence-corrected chi connectivity index (χ3v) is 1.81. The van der Waals surface area contributed by atoms with E-state index >= 15 is 0 Å². The van der Waals surface area contributed by atoms with Gasteiger partial charge in [-0.05, 0) is 0 Å². The standard InChI is InChI=1S/C10H18N.3Li/c1-6-7-11-8-9(2)10(3,4)5;;;/h1,6,9H,2,7-8H2,3-5H3;;;/q-3;3*+1. The second-order valence-electron chi connectivity index (χ2n) is 3.89. The van der Waals surface area contributed by atoms with Crippen molar-refractivity contribution in [3.05, 3.63) is 24.9 Å². The summed E-state index contributed by atoms with van der Waals surface area (Å²) in [4.78, 5) is 0. The molecule has 0 aromatic heterocycles. The van der Waals surface area contributed by atoms with Crippen molar-refractivity contribution in [3.63, 3.8) is 0 Å². The van der Waals surface area contributed by atoms with Gasteiger partial charge in [-0.25, -0.2) is 0 Å². The van der Waals surface area contributed by atoms with E-state index in [-0.39, 0.29) is 62.0 Å². The summed E-state index contributed by atoms with van der Waals surface area (Å²) in [6.45, 7) is 17.2. The molecule has 0 fully saturated rings. The summed E-state index contributed by atoms with van der Waals surface area (Å²) in [6, 6.07) is 0. The van der Waals surface area contributed by atoms with Crippen LogP contribution in [0.3, 0.4) is 0 Å². The van der Waals surface area contributed by atoms with Crippen LogP contribution in [0.2, 0.25) is 0 Å². The fourth-order valence-corrected chi connectivity index (χ4v) is 0.579. The first kappa shape index (κ1) is 24.6. The van der Waals surface area contributed by atoms with E-state index in [1.54, 1.807) is 6.08 Å². The molecule has 0 aliphatic carbocycles. The molecule has 0 rings (SSSR count). The number of hydrogen-bond donors (Lipinski definition) is 0. The number of nitrogens with zero attached hydrogens (tertiary/aromatic N) is 1. The molecule has 0 N–H and O–H groups in total. The molecule has 1 atom stereocenters. The van der Waals surface area contributed by atoms with Crippen LogP contribution in [0.15, 0.2) is 6.08 Å². The molecular weight excluding hydrogens is 155 g/mol. The summed E-state index contributed by atoms with van der Waals surface area (Å²) >= 11 is 0. The predicted octanol–water partition coefficient (Wildman–Crippen LogP) is -6.14. The fourth-order valence-electron chi connectivity index (χ4n) is 0.579. The fraction of sp³-hybridized carbons (Fsp3) is 0.700. The first-order valence-electron chi connectivity index (χ1n) is 3.98. The van der Waals surface area contributed by atoms with Crippen molar-refractivity contribution < 1.29 is 56.6 Å². The van der Waals surface area contributed by atoms with Gasteiger partial charge in [0.2, 0.25) is 0 Å². The van der Waals surface area contributed by atoms with Crippen molar-refractivity contribution in [2.75, 3.05) is 13.1 Å². The predicted molar refractivity (Wildman–Crippen MR) is 50.3 cm³/mol. The van der Waals surface area contributed by atoms with Gasteiger partial charge in [0.1, 0.15) is 0 Å². The second-order valence-corrected chi connectivity index (χ2v) is 3.89. The van der Waals surface area contributed by atoms with Crippen molar-refractivity contribution in [1.29, 1.82) is 0 Å². The van der Waals surface area contributed by atoms with Crippen LogP contribution in [0.4, 0.5) is 0 Å². The SMILES string of the molecule is [CH-]=CC[N-]CC([CH2-])C(C)(C)C.[Li+].[Li+].[Li+]. The second kappa shape index (κ2) is 12.6. The molecule has 1 unspecified atom stereocenters. The Hall–Kier alpha value is 1.49. The zero-order chi connectivity index (χ0) is 8.91. The Bertz CT molecular complexity index is 121. The Kier molecular flexibility index (Phi) is 22.1. The Morgan fingerprint density at radius 3 is 2.00 bits per heavy atom. The zero-order valence-electron chi connectivity index (χ0n) is 10.8. The monoisotopic (exact) mass is 173 g/mol. The largest absolute Gasteiger partial charge is 1.00 e. The van der Waals surface area contributed by atoms with E-state index in [2.05, 4.69) is 33.0 Å². The van der Waals surface area contributed by atoms with Crippen LogP contribution in [-0.2, 0) is 0 Å². The van der Waals surface area contributed by atoms with Gasteiger partial charge in [0.15, 0.2) is 0 Å². The molecule has 0 saturated carbocycles. The molecule has 0 saturated heterocycles. The van der Waals surface area contributed by atoms with E-state index in [1.807, 2.05) is 0 Å². The molecular formula is C10H18Li3N. The smallest absolute Gasteiger partial charge is 0.663 e. The van der Waals surface area contributed by atoms with Crippen molar-refractivity contribution in [3.8, 4) is 0 Å². The molecule has 0 heterocycles. The molecule has 66 valence electrons. The molecule has 0 aromatic rings. The Morgan fingerprint density at radius 1 is 1.29 bits per heavy atom. The quantitative estimate of drug-likeness (QED) is 0.228. The van der Waals surface area contributed by atoms with E-state index in [4.69, 9.17) is 6.58 Å². The minimum atomic E-state index is 0. The average molecular weight is 173 g/mol. The third kappa shape index (κ3) is 13.5. The maximum Gasteiger partial charge on any atom is 1.00 e. The summed E-state index contributed by atoms with van der Waals surface area (Å²) < 4.78 is 0. The van der Waals surface area contributed by atoms with Crippen LogP contribution in [0.1, 0.15) is 20.8 Å². The van der Waals surface area contributed by atoms with Crippen molar-refractivity contribution >= 4 is 0 Å². The van der Waals surface area contributed by atoms with E-state index in [0.717, 1.165) is 6.54 Å². The maximum atomic E-state index is 5.18. The van der Waals surface area contributed by atoms with Crippen LogP contribution in [0.25, 0.3) is 5.32 Å². The van der Waals surface area contributed by atoms with Crippen molar-refractivity contribution in [2.45, 2.75) is 20.8 Å². The Balaban J connectivity index is -0.000000167. The van der Waals surface area contributed by atoms with Crippen molar-refractivity contribution in [2.24, 2.45) is 11.3 Å². The van der Waals surface area contributed by atoms with Gasteiger partial charge in [-0.15, -0.1) is 0 Å². The Morgan fingerprint density at radius 2 is 1.71 bits per heavy atom. The van der Waals surface area contributed by atoms with E-state index in [9.17, 15) is 0 Å². The third-order valence-electron chi connectivity index (χ3n) is 1.81. The zero-order valence-corrected chi connectivity index (χ0v) is 10.8. The molecule has 0 radical (unpaired) electrons. The molecule has 0 aliphatic heterocycles. The summed E-state index contributed by atoms with van der Waals surface area (Å²) in [5.74, 6) is 0.377. The van der Waals surface area contributed by atoms with Gasteiger partial charge in [-0.1, -0.05) is 26.2 Å². The van der Waals surface area contributed by atoms with Crippen LogP contribution in [-0.4, -0.2) is 13.1 Å². The molecule has 14 heavy (non-hydrogen) atoms. The summed E-state index contributed by atoms with van der Waals surface area (Å²) in [5, 5.41) is 4.21.